The molecule has 0 aromatic rings. The van der Waals surface area contributed by atoms with Crippen molar-refractivity contribution < 1.29 is 19.4 Å². The number of methoxy groups -OCH3 is 1. The summed E-state index contributed by atoms with van der Waals surface area (Å²) in [5.41, 5.74) is -1.08. The Balaban J connectivity index is 2.32. The topological polar surface area (TPSA) is 50.8 Å². The first kappa shape index (κ1) is 19.1. The molecular weight excluding hydrogens is 294 g/mol. The molecule has 3 atom stereocenters. The van der Waals surface area contributed by atoms with Gasteiger partial charge >= 0.3 is 0 Å². The number of hydroxylamine groups is 2. The molecule has 0 N–H and O–H groups in total. The van der Waals surface area contributed by atoms with Crippen LogP contribution in [0.2, 0.25) is 0 Å². The highest BCUT2D eigenvalue weighted by molar-refractivity contribution is 5.08. The van der Waals surface area contributed by atoms with Gasteiger partial charge in [-0.25, -0.2) is 0 Å². The van der Waals surface area contributed by atoms with Crippen molar-refractivity contribution in [3.8, 4) is 0 Å². The third kappa shape index (κ3) is 2.95. The van der Waals surface area contributed by atoms with Crippen molar-refractivity contribution in [3.05, 3.63) is 0 Å². The van der Waals surface area contributed by atoms with Crippen molar-refractivity contribution in [1.29, 1.82) is 0 Å². The van der Waals surface area contributed by atoms with Gasteiger partial charge in [0.05, 0.1) is 30.9 Å². The first-order chi connectivity index (χ1) is 10.6. The van der Waals surface area contributed by atoms with Crippen LogP contribution >= 0.6 is 0 Å². The molecule has 5 heteroatoms. The number of hydrogen-bond acceptors (Lipinski definition) is 4. The molecule has 2 aliphatic heterocycles. The molecule has 2 rings (SSSR count). The molecule has 0 aromatic heterocycles. The molecule has 1 radical (unpaired) electrons. The Hall–Kier alpha value is -0.200. The quantitative estimate of drug-likeness (QED) is 0.793. The summed E-state index contributed by atoms with van der Waals surface area (Å²) < 4.78 is 18.0. The lowest BCUT2D eigenvalue weighted by atomic mass is 9.67. The monoisotopic (exact) mass is 328 g/mol. The zero-order valence-electron chi connectivity index (χ0n) is 15.9. The Labute approximate surface area is 141 Å². The first-order valence-corrected chi connectivity index (χ1v) is 8.86. The SMILES string of the molecule is CCC1(C)CC2(OCC(C)(COC)CO2)C(C)C(C)(CC)N1[O]. The van der Waals surface area contributed by atoms with Gasteiger partial charge in [-0.2, -0.15) is 0 Å². The maximum atomic E-state index is 13.1. The Bertz CT molecular complexity index is 421. The maximum Gasteiger partial charge on any atom is 0.174 e. The second kappa shape index (κ2) is 6.26. The van der Waals surface area contributed by atoms with Crippen molar-refractivity contribution in [2.45, 2.75) is 77.7 Å². The third-order valence-electron chi connectivity index (χ3n) is 6.47. The van der Waals surface area contributed by atoms with E-state index < -0.39 is 16.9 Å². The minimum absolute atomic E-state index is 0.00391. The molecular formula is C18H34NO4. The highest BCUT2D eigenvalue weighted by Gasteiger charge is 2.63. The number of nitrogens with zero attached hydrogens (tertiary/aromatic N) is 1. The van der Waals surface area contributed by atoms with Gasteiger partial charge in [0.15, 0.2) is 5.79 Å². The fourth-order valence-electron chi connectivity index (χ4n) is 4.20. The van der Waals surface area contributed by atoms with Crippen molar-refractivity contribution >= 4 is 0 Å². The van der Waals surface area contributed by atoms with Crippen LogP contribution in [0.5, 0.6) is 0 Å². The van der Waals surface area contributed by atoms with Gasteiger partial charge in [0, 0.05) is 24.9 Å². The summed E-state index contributed by atoms with van der Waals surface area (Å²) in [7, 11) is 1.70. The van der Waals surface area contributed by atoms with Crippen molar-refractivity contribution in [1.82, 2.24) is 5.06 Å². The maximum absolute atomic E-state index is 13.1. The number of rotatable bonds is 4. The standard InChI is InChI=1S/C18H34NO4/c1-8-16(5)10-18(14(3)17(6,9-2)19(16)20)22-12-15(4,11-21-7)13-23-18/h14H,8-13H2,1-7H3. The van der Waals surface area contributed by atoms with E-state index in [4.69, 9.17) is 14.2 Å². The third-order valence-corrected chi connectivity index (χ3v) is 6.47. The van der Waals surface area contributed by atoms with Crippen molar-refractivity contribution in [3.63, 3.8) is 0 Å². The molecule has 2 saturated heterocycles. The van der Waals surface area contributed by atoms with Gasteiger partial charge in [-0.05, 0) is 26.7 Å². The van der Waals surface area contributed by atoms with E-state index in [1.165, 1.54) is 5.06 Å². The molecule has 0 aromatic carbocycles. The fourth-order valence-corrected chi connectivity index (χ4v) is 4.20. The molecule has 0 amide bonds. The average Bonchev–Trinajstić information content (AvgIpc) is 2.54. The van der Waals surface area contributed by atoms with Gasteiger partial charge in [0.25, 0.3) is 0 Å². The van der Waals surface area contributed by atoms with E-state index in [1.807, 2.05) is 6.92 Å². The Kier molecular flexibility index (Phi) is 5.21. The van der Waals surface area contributed by atoms with Gasteiger partial charge < -0.3 is 14.2 Å². The van der Waals surface area contributed by atoms with E-state index in [0.717, 1.165) is 12.8 Å². The van der Waals surface area contributed by atoms with Gasteiger partial charge in [-0.15, -0.1) is 10.3 Å². The Morgan fingerprint density at radius 2 is 1.70 bits per heavy atom. The molecule has 3 unspecified atom stereocenters. The van der Waals surface area contributed by atoms with Gasteiger partial charge in [0.1, 0.15) is 0 Å². The van der Waals surface area contributed by atoms with Crippen LogP contribution in [0.1, 0.15) is 60.8 Å². The zero-order chi connectivity index (χ0) is 17.5. The predicted octanol–water partition coefficient (Wildman–Crippen LogP) is 3.41. The predicted molar refractivity (Wildman–Crippen MR) is 88.3 cm³/mol. The van der Waals surface area contributed by atoms with E-state index >= 15 is 0 Å². The minimum Gasteiger partial charge on any atom is -0.384 e. The molecule has 0 aliphatic carbocycles. The molecule has 0 bridgehead atoms. The van der Waals surface area contributed by atoms with Crippen LogP contribution in [0.4, 0.5) is 0 Å². The van der Waals surface area contributed by atoms with Crippen LogP contribution < -0.4 is 0 Å². The van der Waals surface area contributed by atoms with E-state index in [2.05, 4.69) is 34.6 Å². The Morgan fingerprint density at radius 3 is 2.13 bits per heavy atom. The number of piperidine rings is 1. The lowest BCUT2D eigenvalue weighted by Gasteiger charge is -2.62. The zero-order valence-corrected chi connectivity index (χ0v) is 15.9. The summed E-state index contributed by atoms with van der Waals surface area (Å²) in [5.74, 6) is -0.673. The average molecular weight is 328 g/mol. The Morgan fingerprint density at radius 1 is 1.13 bits per heavy atom. The summed E-state index contributed by atoms with van der Waals surface area (Å²) >= 11 is 0. The van der Waals surface area contributed by atoms with Gasteiger partial charge in [-0.3, -0.25) is 0 Å². The summed E-state index contributed by atoms with van der Waals surface area (Å²) in [4.78, 5) is 0. The second-order valence-electron chi connectivity index (χ2n) is 8.39. The van der Waals surface area contributed by atoms with Crippen LogP contribution in [0.25, 0.3) is 0 Å². The summed E-state index contributed by atoms with van der Waals surface area (Å²) in [5, 5.41) is 14.4. The van der Waals surface area contributed by atoms with E-state index in [-0.39, 0.29) is 11.3 Å². The van der Waals surface area contributed by atoms with Crippen molar-refractivity contribution in [2.75, 3.05) is 26.9 Å². The molecule has 2 fully saturated rings. The van der Waals surface area contributed by atoms with E-state index in [1.54, 1.807) is 7.11 Å². The molecule has 23 heavy (non-hydrogen) atoms. The van der Waals surface area contributed by atoms with Gasteiger partial charge in [0.2, 0.25) is 0 Å². The molecule has 5 nitrogen and oxygen atoms in total. The smallest absolute Gasteiger partial charge is 0.174 e. The molecule has 1 spiro atoms. The van der Waals surface area contributed by atoms with Gasteiger partial charge in [-0.1, -0.05) is 27.7 Å². The summed E-state index contributed by atoms with van der Waals surface area (Å²) in [6.07, 6.45) is 2.17. The minimum atomic E-state index is -0.677. The highest BCUT2D eigenvalue weighted by Crippen LogP contribution is 2.53. The molecule has 2 aliphatic rings. The van der Waals surface area contributed by atoms with Crippen LogP contribution in [0, 0.1) is 11.3 Å². The lowest BCUT2D eigenvalue weighted by molar-refractivity contribution is -0.414. The first-order valence-electron chi connectivity index (χ1n) is 8.86. The fraction of sp³-hybridized carbons (Fsp3) is 1.00. The van der Waals surface area contributed by atoms with Crippen LogP contribution in [-0.2, 0) is 19.4 Å². The van der Waals surface area contributed by atoms with E-state index in [9.17, 15) is 5.21 Å². The van der Waals surface area contributed by atoms with E-state index in [0.29, 0.717) is 26.2 Å². The lowest BCUT2D eigenvalue weighted by Crippen LogP contribution is -2.72. The molecule has 0 saturated carbocycles. The van der Waals surface area contributed by atoms with Crippen LogP contribution in [0.15, 0.2) is 0 Å². The largest absolute Gasteiger partial charge is 0.384 e. The summed E-state index contributed by atoms with van der Waals surface area (Å²) in [6, 6.07) is 0. The summed E-state index contributed by atoms with van der Waals surface area (Å²) in [6.45, 7) is 14.3. The highest BCUT2D eigenvalue weighted by atomic mass is 16.7. The number of hydrogen-bond donors (Lipinski definition) is 0. The number of ether oxygens (including phenoxy) is 3. The van der Waals surface area contributed by atoms with Crippen LogP contribution in [-0.4, -0.2) is 48.9 Å². The molecule has 2 heterocycles. The molecule has 135 valence electrons. The normalized spacial score (nSPS) is 48.8. The second-order valence-corrected chi connectivity index (χ2v) is 8.39. The van der Waals surface area contributed by atoms with Crippen LogP contribution in [0.3, 0.4) is 0 Å². The van der Waals surface area contributed by atoms with Crippen molar-refractivity contribution in [2.24, 2.45) is 11.3 Å².